The van der Waals surface area contributed by atoms with Gasteiger partial charge in [-0.1, -0.05) is 40.2 Å². The number of hydrogen-bond donors (Lipinski definition) is 2. The molecule has 2 atom stereocenters. The average molecular weight is 446 g/mol. The molecule has 1 amide bonds. The number of carbonyl (C=O) groups is 2. The number of aliphatic carboxylic acids is 1. The molecule has 0 saturated carbocycles. The number of hydrogen-bond acceptors (Lipinski definition) is 5. The third-order valence-corrected chi connectivity index (χ3v) is 5.39. The van der Waals surface area contributed by atoms with Gasteiger partial charge in [-0.3, -0.25) is 14.3 Å². The molecule has 1 aromatic heterocycles. The molecule has 8 heteroatoms. The van der Waals surface area contributed by atoms with Crippen molar-refractivity contribution in [3.63, 3.8) is 0 Å². The fourth-order valence-corrected chi connectivity index (χ4v) is 3.63. The predicted octanol–water partition coefficient (Wildman–Crippen LogP) is 4.23. The van der Waals surface area contributed by atoms with Gasteiger partial charge >= 0.3 is 5.97 Å². The van der Waals surface area contributed by atoms with E-state index in [0.717, 1.165) is 12.0 Å². The van der Waals surface area contributed by atoms with Crippen molar-refractivity contribution < 1.29 is 24.2 Å². The van der Waals surface area contributed by atoms with Crippen molar-refractivity contribution in [3.05, 3.63) is 30.0 Å². The first-order chi connectivity index (χ1) is 15.2. The van der Waals surface area contributed by atoms with Crippen molar-refractivity contribution >= 4 is 11.9 Å². The number of ether oxygens (including phenoxy) is 2. The molecule has 32 heavy (non-hydrogen) atoms. The zero-order valence-electron chi connectivity index (χ0n) is 19.8. The minimum Gasteiger partial charge on any atom is -0.496 e. The lowest BCUT2D eigenvalue weighted by atomic mass is 10.0. The maximum absolute atomic E-state index is 13.0. The minimum atomic E-state index is -0.947. The molecule has 2 rings (SSSR count). The zero-order valence-corrected chi connectivity index (χ0v) is 19.8. The van der Waals surface area contributed by atoms with Crippen molar-refractivity contribution in [2.45, 2.75) is 59.5 Å². The summed E-state index contributed by atoms with van der Waals surface area (Å²) in [5.74, 6) is 0.477. The van der Waals surface area contributed by atoms with Crippen molar-refractivity contribution in [1.29, 1.82) is 0 Å². The van der Waals surface area contributed by atoms with Gasteiger partial charge in [0.05, 0.1) is 31.9 Å². The minimum absolute atomic E-state index is 0.134. The molecule has 1 aromatic carbocycles. The number of carboxylic acid groups (broad SMARTS) is 1. The first-order valence-corrected chi connectivity index (χ1v) is 11.0. The fraction of sp³-hybridized carbons (Fsp3) is 0.542. The van der Waals surface area contributed by atoms with Crippen LogP contribution in [0.4, 0.5) is 0 Å². The van der Waals surface area contributed by atoms with Crippen LogP contribution in [-0.4, -0.2) is 47.0 Å². The number of aromatic nitrogens is 2. The van der Waals surface area contributed by atoms with E-state index in [-0.39, 0.29) is 18.0 Å². The van der Waals surface area contributed by atoms with E-state index in [1.54, 1.807) is 25.0 Å². The van der Waals surface area contributed by atoms with E-state index in [0.29, 0.717) is 36.1 Å². The predicted molar refractivity (Wildman–Crippen MR) is 123 cm³/mol. The summed E-state index contributed by atoms with van der Waals surface area (Å²) in [6, 6.07) is 6.76. The van der Waals surface area contributed by atoms with E-state index in [1.807, 2.05) is 32.0 Å². The number of carbonyl (C=O) groups excluding carboxylic acids is 1. The van der Waals surface area contributed by atoms with Crippen LogP contribution < -0.4 is 14.8 Å². The summed E-state index contributed by atoms with van der Waals surface area (Å²) in [5.41, 5.74) is 1.66. The summed E-state index contributed by atoms with van der Waals surface area (Å²) in [4.78, 5) is 24.3. The molecule has 8 nitrogen and oxygen atoms in total. The second kappa shape index (κ2) is 11.5. The van der Waals surface area contributed by atoms with Crippen molar-refractivity contribution in [2.24, 2.45) is 11.8 Å². The van der Waals surface area contributed by atoms with Gasteiger partial charge in [0.25, 0.3) is 5.91 Å². The van der Waals surface area contributed by atoms with Crippen LogP contribution in [0.15, 0.2) is 24.3 Å². The molecular formula is C24H35N3O5. The summed E-state index contributed by atoms with van der Waals surface area (Å²) in [6.45, 7) is 8.83. The maximum atomic E-state index is 13.0. The highest BCUT2D eigenvalue weighted by atomic mass is 16.5. The fourth-order valence-electron chi connectivity index (χ4n) is 3.63. The van der Waals surface area contributed by atoms with Gasteiger partial charge < -0.3 is 19.9 Å². The van der Waals surface area contributed by atoms with Gasteiger partial charge in [0.1, 0.15) is 11.5 Å². The number of amides is 1. The third kappa shape index (κ3) is 6.48. The van der Waals surface area contributed by atoms with Crippen molar-refractivity contribution in [2.75, 3.05) is 14.2 Å². The van der Waals surface area contributed by atoms with Gasteiger partial charge in [-0.05, 0) is 36.5 Å². The molecule has 0 aliphatic heterocycles. The Hall–Kier alpha value is -3.03. The van der Waals surface area contributed by atoms with Crippen LogP contribution in [0.3, 0.4) is 0 Å². The van der Waals surface area contributed by atoms with E-state index in [9.17, 15) is 14.7 Å². The van der Waals surface area contributed by atoms with Crippen LogP contribution in [0.2, 0.25) is 0 Å². The molecule has 176 valence electrons. The number of rotatable bonds is 12. The van der Waals surface area contributed by atoms with Gasteiger partial charge in [0.15, 0.2) is 5.69 Å². The number of nitrogens with one attached hydrogen (secondary N) is 1. The molecule has 0 aliphatic rings. The van der Waals surface area contributed by atoms with Crippen LogP contribution in [0, 0.1) is 11.8 Å². The third-order valence-electron chi connectivity index (χ3n) is 5.39. The Morgan fingerprint density at radius 3 is 2.28 bits per heavy atom. The van der Waals surface area contributed by atoms with E-state index in [4.69, 9.17) is 9.47 Å². The molecule has 0 saturated heterocycles. The normalized spacial score (nSPS) is 13.0. The van der Waals surface area contributed by atoms with Gasteiger partial charge in [-0.15, -0.1) is 0 Å². The van der Waals surface area contributed by atoms with Crippen LogP contribution >= 0.6 is 0 Å². The Morgan fingerprint density at radius 2 is 1.78 bits per heavy atom. The molecule has 1 heterocycles. The van der Waals surface area contributed by atoms with Gasteiger partial charge in [-0.25, -0.2) is 0 Å². The smallest absolute Gasteiger partial charge is 0.305 e. The molecule has 0 bridgehead atoms. The standard InChI is InChI=1S/C24H35N3O5/c1-7-16(4)14-27-19(23-20(31-5)9-8-10-21(23)32-6)13-18(26-27)24(30)25-17(11-15(2)3)12-22(28)29/h8-10,13,15-17H,7,11-12,14H2,1-6H3,(H,25,30)(H,28,29)/t16?,17-/m0/s1. The molecule has 0 aliphatic carbocycles. The van der Waals surface area contributed by atoms with Gasteiger partial charge in [0, 0.05) is 12.6 Å². The monoisotopic (exact) mass is 445 g/mol. The largest absolute Gasteiger partial charge is 0.496 e. The average Bonchev–Trinajstić information content (AvgIpc) is 3.15. The van der Waals surface area contributed by atoms with Crippen LogP contribution in [0.5, 0.6) is 11.5 Å². The lowest BCUT2D eigenvalue weighted by Gasteiger charge is -2.18. The molecule has 0 radical (unpaired) electrons. The molecule has 2 aromatic rings. The second-order valence-electron chi connectivity index (χ2n) is 8.55. The zero-order chi connectivity index (χ0) is 23.8. The molecular weight excluding hydrogens is 410 g/mol. The summed E-state index contributed by atoms with van der Waals surface area (Å²) in [7, 11) is 3.17. The lowest BCUT2D eigenvalue weighted by molar-refractivity contribution is -0.137. The maximum Gasteiger partial charge on any atom is 0.305 e. The Kier molecular flexibility index (Phi) is 9.11. The second-order valence-corrected chi connectivity index (χ2v) is 8.55. The lowest BCUT2D eigenvalue weighted by Crippen LogP contribution is -2.37. The van der Waals surface area contributed by atoms with Crippen molar-refractivity contribution in [3.8, 4) is 22.8 Å². The summed E-state index contributed by atoms with van der Waals surface area (Å²) in [6.07, 6.45) is 1.39. The van der Waals surface area contributed by atoms with Gasteiger partial charge in [-0.2, -0.15) is 5.10 Å². The van der Waals surface area contributed by atoms with Crippen LogP contribution in [-0.2, 0) is 11.3 Å². The number of benzene rings is 1. The summed E-state index contributed by atoms with van der Waals surface area (Å²) < 4.78 is 12.9. The first kappa shape index (κ1) is 25.2. The molecule has 2 N–H and O–H groups in total. The van der Waals surface area contributed by atoms with Gasteiger partial charge in [0.2, 0.25) is 0 Å². The van der Waals surface area contributed by atoms with Crippen molar-refractivity contribution in [1.82, 2.24) is 15.1 Å². The summed E-state index contributed by atoms with van der Waals surface area (Å²) >= 11 is 0. The highest BCUT2D eigenvalue weighted by molar-refractivity contribution is 5.94. The van der Waals surface area contributed by atoms with E-state index < -0.39 is 17.9 Å². The van der Waals surface area contributed by atoms with E-state index in [1.165, 1.54) is 0 Å². The molecule has 0 spiro atoms. The number of carboxylic acids is 1. The quantitative estimate of drug-likeness (QED) is 0.507. The molecule has 0 fully saturated rings. The SMILES string of the molecule is CCC(C)Cn1nc(C(=O)N[C@H](CC(=O)O)CC(C)C)cc1-c1c(OC)cccc1OC. The highest BCUT2D eigenvalue weighted by Crippen LogP contribution is 2.39. The van der Waals surface area contributed by atoms with Crippen LogP contribution in [0.1, 0.15) is 57.4 Å². The highest BCUT2D eigenvalue weighted by Gasteiger charge is 2.24. The first-order valence-electron chi connectivity index (χ1n) is 11.0. The Balaban J connectivity index is 2.48. The van der Waals surface area contributed by atoms with E-state index >= 15 is 0 Å². The molecule has 1 unspecified atom stereocenters. The Labute approximate surface area is 189 Å². The number of methoxy groups -OCH3 is 2. The Morgan fingerprint density at radius 1 is 1.16 bits per heavy atom. The summed E-state index contributed by atoms with van der Waals surface area (Å²) in [5, 5.41) is 16.7. The Bertz CT molecular complexity index is 900. The van der Waals surface area contributed by atoms with Crippen LogP contribution in [0.25, 0.3) is 11.3 Å². The number of nitrogens with zero attached hydrogens (tertiary/aromatic N) is 2. The van der Waals surface area contributed by atoms with E-state index in [2.05, 4.69) is 24.3 Å². The topological polar surface area (TPSA) is 103 Å².